The van der Waals surface area contributed by atoms with Gasteiger partial charge in [-0.1, -0.05) is 17.7 Å². The van der Waals surface area contributed by atoms with Gasteiger partial charge in [0.05, 0.1) is 32.1 Å². The number of carbonyl (C=O) groups excluding carboxylic acids is 1. The highest BCUT2D eigenvalue weighted by atomic mass is 35.5. The van der Waals surface area contributed by atoms with E-state index in [4.69, 9.17) is 11.6 Å². The molecule has 1 N–H and O–H groups in total. The van der Waals surface area contributed by atoms with E-state index in [1.54, 1.807) is 4.90 Å². The topological polar surface area (TPSA) is 24.8 Å². The third-order valence-corrected chi connectivity index (χ3v) is 5.13. The molecule has 3 nitrogen and oxygen atoms in total. The van der Waals surface area contributed by atoms with Crippen molar-refractivity contribution in [3.63, 3.8) is 0 Å². The third kappa shape index (κ3) is 2.69. The number of benzene rings is 1. The summed E-state index contributed by atoms with van der Waals surface area (Å²) >= 11 is 5.76. The van der Waals surface area contributed by atoms with Crippen LogP contribution in [0.25, 0.3) is 0 Å². The Morgan fingerprint density at radius 1 is 1.48 bits per heavy atom. The maximum atomic E-state index is 12.6. The first-order valence-corrected chi connectivity index (χ1v) is 8.45. The molecule has 0 aliphatic carbocycles. The molecule has 1 amide bonds. The lowest BCUT2D eigenvalue weighted by molar-refractivity contribution is -0.886. The Morgan fingerprint density at radius 3 is 3.05 bits per heavy atom. The first-order valence-electron chi connectivity index (χ1n) is 7.91. The van der Waals surface area contributed by atoms with Crippen LogP contribution in [0.15, 0.2) is 18.2 Å². The van der Waals surface area contributed by atoms with Gasteiger partial charge < -0.3 is 9.80 Å². The zero-order valence-corrected chi connectivity index (χ0v) is 13.6. The fraction of sp³-hybridized carbons (Fsp3) is 0.588. The van der Waals surface area contributed by atoms with Crippen molar-refractivity contribution >= 4 is 23.2 Å². The van der Waals surface area contributed by atoms with Crippen LogP contribution in [-0.2, 0) is 4.79 Å². The second-order valence-corrected chi connectivity index (χ2v) is 6.87. The number of rotatable bonds is 3. The number of amides is 1. The standard InChI is InChI=1S/C17H23ClN2O/c1-12-5-6-15-13(10-12)14-11-19(2)9-7-16(14)20(15)17(21)4-3-8-18/h5-6,10,14,16H,3-4,7-9,11H2,1-2H3/p+1. The first-order chi connectivity index (χ1) is 10.1. The molecule has 3 atom stereocenters. The molecule has 0 bridgehead atoms. The summed E-state index contributed by atoms with van der Waals surface area (Å²) in [6, 6.07) is 6.89. The molecule has 3 rings (SSSR count). The first kappa shape index (κ1) is 14.9. The number of aryl methyl sites for hydroxylation is 1. The molecule has 114 valence electrons. The van der Waals surface area contributed by atoms with Gasteiger partial charge in [-0.15, -0.1) is 11.6 Å². The Morgan fingerprint density at radius 2 is 2.29 bits per heavy atom. The van der Waals surface area contributed by atoms with E-state index in [1.165, 1.54) is 11.1 Å². The van der Waals surface area contributed by atoms with Crippen molar-refractivity contribution in [2.75, 3.05) is 30.9 Å². The van der Waals surface area contributed by atoms with Gasteiger partial charge in [0.1, 0.15) is 0 Å². The molecule has 0 aromatic heterocycles. The largest absolute Gasteiger partial charge is 0.337 e. The van der Waals surface area contributed by atoms with E-state index in [9.17, 15) is 4.79 Å². The number of alkyl halides is 1. The second-order valence-electron chi connectivity index (χ2n) is 6.49. The molecule has 2 heterocycles. The molecule has 1 fully saturated rings. The summed E-state index contributed by atoms with van der Waals surface area (Å²) in [4.78, 5) is 16.3. The molecule has 0 saturated carbocycles. The van der Waals surface area contributed by atoms with Gasteiger partial charge in [0.15, 0.2) is 0 Å². The highest BCUT2D eigenvalue weighted by Crippen LogP contribution is 2.43. The lowest BCUT2D eigenvalue weighted by Crippen LogP contribution is -3.11. The van der Waals surface area contributed by atoms with Crippen LogP contribution in [0.2, 0.25) is 0 Å². The minimum Gasteiger partial charge on any atom is -0.337 e. The Kier molecular flexibility index (Phi) is 4.23. The van der Waals surface area contributed by atoms with E-state index >= 15 is 0 Å². The van der Waals surface area contributed by atoms with Crippen LogP contribution < -0.4 is 9.80 Å². The van der Waals surface area contributed by atoms with Crippen molar-refractivity contribution in [3.05, 3.63) is 29.3 Å². The summed E-state index contributed by atoms with van der Waals surface area (Å²) in [5, 5.41) is 0. The van der Waals surface area contributed by atoms with E-state index in [0.717, 1.165) is 31.6 Å². The fourth-order valence-electron chi connectivity index (χ4n) is 3.86. The van der Waals surface area contributed by atoms with Crippen LogP contribution >= 0.6 is 11.6 Å². The molecule has 0 radical (unpaired) electrons. The lowest BCUT2D eigenvalue weighted by atomic mass is 9.89. The quantitative estimate of drug-likeness (QED) is 0.845. The molecule has 4 heteroatoms. The van der Waals surface area contributed by atoms with E-state index in [1.807, 2.05) is 0 Å². The van der Waals surface area contributed by atoms with Gasteiger partial charge in [0, 0.05) is 24.4 Å². The molecular formula is C17H24ClN2O+. The number of nitrogens with zero attached hydrogens (tertiary/aromatic N) is 1. The number of hydrogen-bond acceptors (Lipinski definition) is 1. The number of fused-ring (bicyclic) bond motifs is 3. The second kappa shape index (κ2) is 5.98. The van der Waals surface area contributed by atoms with E-state index in [-0.39, 0.29) is 5.91 Å². The van der Waals surface area contributed by atoms with Gasteiger partial charge >= 0.3 is 0 Å². The fourth-order valence-corrected chi connectivity index (χ4v) is 4.00. The number of piperidine rings is 1. The molecule has 0 spiro atoms. The predicted molar refractivity (Wildman–Crippen MR) is 86.4 cm³/mol. The van der Waals surface area contributed by atoms with Crippen LogP contribution in [-0.4, -0.2) is 38.0 Å². The third-order valence-electron chi connectivity index (χ3n) is 4.87. The minimum atomic E-state index is 0.243. The monoisotopic (exact) mass is 307 g/mol. The summed E-state index contributed by atoms with van der Waals surface area (Å²) in [6.45, 7) is 4.40. The molecule has 1 aromatic carbocycles. The molecule has 1 aromatic rings. The number of likely N-dealkylation sites (N-methyl/N-ethyl adjacent to an activating group) is 1. The minimum absolute atomic E-state index is 0.243. The molecule has 21 heavy (non-hydrogen) atoms. The van der Waals surface area contributed by atoms with Gasteiger partial charge in [0.25, 0.3) is 0 Å². The summed E-state index contributed by atoms with van der Waals surface area (Å²) in [5.41, 5.74) is 3.80. The number of quaternary nitrogens is 1. The van der Waals surface area contributed by atoms with E-state index < -0.39 is 0 Å². The number of hydrogen-bond donors (Lipinski definition) is 1. The number of likely N-dealkylation sites (tertiary alicyclic amines) is 1. The van der Waals surface area contributed by atoms with Crippen molar-refractivity contribution in [2.45, 2.75) is 38.1 Å². The van der Waals surface area contributed by atoms with Crippen molar-refractivity contribution in [1.29, 1.82) is 0 Å². The van der Waals surface area contributed by atoms with Crippen molar-refractivity contribution in [2.24, 2.45) is 0 Å². The summed E-state index contributed by atoms with van der Waals surface area (Å²) < 4.78 is 0. The van der Waals surface area contributed by atoms with Crippen LogP contribution in [0, 0.1) is 6.92 Å². The van der Waals surface area contributed by atoms with E-state index in [0.29, 0.717) is 24.3 Å². The van der Waals surface area contributed by atoms with Crippen molar-refractivity contribution in [1.82, 2.24) is 0 Å². The Balaban J connectivity index is 1.95. The number of halogens is 1. The number of nitrogens with one attached hydrogen (secondary N) is 1. The van der Waals surface area contributed by atoms with Gasteiger partial charge in [0.2, 0.25) is 5.91 Å². The molecule has 2 aliphatic heterocycles. The van der Waals surface area contributed by atoms with Crippen molar-refractivity contribution in [3.8, 4) is 0 Å². The number of carbonyl (C=O) groups is 1. The van der Waals surface area contributed by atoms with Crippen LogP contribution in [0.5, 0.6) is 0 Å². The van der Waals surface area contributed by atoms with Crippen LogP contribution in [0.1, 0.15) is 36.3 Å². The summed E-state index contributed by atoms with van der Waals surface area (Å²) in [7, 11) is 2.25. The Hall–Kier alpha value is -1.06. The molecule has 2 aliphatic rings. The highest BCUT2D eigenvalue weighted by molar-refractivity contribution is 6.18. The van der Waals surface area contributed by atoms with Crippen molar-refractivity contribution < 1.29 is 9.69 Å². The predicted octanol–water partition coefficient (Wildman–Crippen LogP) is 1.73. The molecular weight excluding hydrogens is 284 g/mol. The van der Waals surface area contributed by atoms with Gasteiger partial charge in [-0.3, -0.25) is 4.79 Å². The SMILES string of the molecule is Cc1ccc2c(c1)C1C[NH+](C)CCC1N2C(=O)CCCCl. The maximum Gasteiger partial charge on any atom is 0.227 e. The lowest BCUT2D eigenvalue weighted by Gasteiger charge is -2.34. The van der Waals surface area contributed by atoms with Crippen LogP contribution in [0.3, 0.4) is 0 Å². The number of anilines is 1. The average molecular weight is 308 g/mol. The van der Waals surface area contributed by atoms with Crippen LogP contribution in [0.4, 0.5) is 5.69 Å². The van der Waals surface area contributed by atoms with Gasteiger partial charge in [-0.25, -0.2) is 0 Å². The smallest absolute Gasteiger partial charge is 0.227 e. The Bertz CT molecular complexity index is 546. The normalized spacial score (nSPS) is 27.4. The summed E-state index contributed by atoms with van der Waals surface area (Å²) in [5.74, 6) is 1.29. The zero-order chi connectivity index (χ0) is 15.0. The van der Waals surface area contributed by atoms with E-state index in [2.05, 4.69) is 37.1 Å². The molecule has 1 saturated heterocycles. The summed E-state index contributed by atoms with van der Waals surface area (Å²) in [6.07, 6.45) is 2.42. The van der Waals surface area contributed by atoms with Gasteiger partial charge in [-0.2, -0.15) is 0 Å². The zero-order valence-electron chi connectivity index (χ0n) is 12.9. The maximum absolute atomic E-state index is 12.6. The Labute approximate surface area is 131 Å². The average Bonchev–Trinajstić information content (AvgIpc) is 2.78. The molecule has 3 unspecified atom stereocenters. The highest BCUT2D eigenvalue weighted by Gasteiger charge is 2.45. The van der Waals surface area contributed by atoms with Gasteiger partial charge in [-0.05, 0) is 25.0 Å².